The smallest absolute Gasteiger partial charge is 0.358 e. The maximum atomic E-state index is 11.7. The van der Waals surface area contributed by atoms with Gasteiger partial charge in [-0.25, -0.2) is 9.48 Å². The number of H-pyrrole nitrogens is 1. The molecule has 0 aromatic carbocycles. The first-order chi connectivity index (χ1) is 10.2. The van der Waals surface area contributed by atoms with Crippen LogP contribution in [0.3, 0.4) is 0 Å². The fourth-order valence-corrected chi connectivity index (χ4v) is 1.97. The van der Waals surface area contributed by atoms with E-state index < -0.39 is 5.97 Å². The molecule has 3 aromatic heterocycles. The molecule has 0 saturated heterocycles. The monoisotopic (exact) mass is 303 g/mol. The first-order valence-corrected chi connectivity index (χ1v) is 6.38. The largest absolute Gasteiger partial charge is 0.464 e. The van der Waals surface area contributed by atoms with Gasteiger partial charge in [0.2, 0.25) is 0 Å². The van der Waals surface area contributed by atoms with E-state index in [1.165, 1.54) is 11.8 Å². The summed E-state index contributed by atoms with van der Waals surface area (Å²) in [5, 5.41) is 12.3. The minimum atomic E-state index is -0.521. The molecule has 0 bridgehead atoms. The average molecular weight is 304 g/mol. The molecule has 8 heteroatoms. The molecule has 0 atom stereocenters. The summed E-state index contributed by atoms with van der Waals surface area (Å²) in [5.74, 6) is -0.0711. The molecule has 1 N–H and O–H groups in total. The molecule has 0 aliphatic carbocycles. The van der Waals surface area contributed by atoms with Crippen LogP contribution in [0.25, 0.3) is 17.1 Å². The van der Waals surface area contributed by atoms with Crippen molar-refractivity contribution in [3.8, 4) is 17.1 Å². The van der Waals surface area contributed by atoms with Crippen molar-refractivity contribution in [2.24, 2.45) is 0 Å². The SMILES string of the molecule is COC(=O)c1cc(-c2cc[nH]c2)n(-c2ccc(Cl)nn2)n1. The second-order valence-corrected chi connectivity index (χ2v) is 4.52. The number of methoxy groups -OCH3 is 1. The van der Waals surface area contributed by atoms with Gasteiger partial charge in [0, 0.05) is 18.0 Å². The number of nitrogens with one attached hydrogen (secondary N) is 1. The van der Waals surface area contributed by atoms with E-state index in [9.17, 15) is 4.79 Å². The Labute approximate surface area is 124 Å². The maximum Gasteiger partial charge on any atom is 0.358 e. The molecular formula is C13H10ClN5O2. The molecule has 0 radical (unpaired) electrons. The van der Waals surface area contributed by atoms with Crippen LogP contribution >= 0.6 is 11.6 Å². The number of aromatic amines is 1. The molecule has 0 amide bonds. The van der Waals surface area contributed by atoms with Crippen molar-refractivity contribution in [1.82, 2.24) is 25.0 Å². The molecule has 0 aliphatic rings. The van der Waals surface area contributed by atoms with Crippen molar-refractivity contribution in [2.45, 2.75) is 0 Å². The summed E-state index contributed by atoms with van der Waals surface area (Å²) in [6, 6.07) is 6.76. The molecule has 21 heavy (non-hydrogen) atoms. The zero-order valence-corrected chi connectivity index (χ0v) is 11.7. The molecule has 3 heterocycles. The van der Waals surface area contributed by atoms with Crippen LogP contribution in [0.2, 0.25) is 5.15 Å². The van der Waals surface area contributed by atoms with E-state index in [0.29, 0.717) is 11.5 Å². The first-order valence-electron chi connectivity index (χ1n) is 6.00. The van der Waals surface area contributed by atoms with E-state index in [1.54, 1.807) is 30.6 Å². The highest BCUT2D eigenvalue weighted by Crippen LogP contribution is 2.23. The number of nitrogens with zero attached hydrogens (tertiary/aromatic N) is 4. The summed E-state index contributed by atoms with van der Waals surface area (Å²) in [4.78, 5) is 14.6. The van der Waals surface area contributed by atoms with E-state index in [-0.39, 0.29) is 10.8 Å². The lowest BCUT2D eigenvalue weighted by atomic mass is 10.2. The summed E-state index contributed by atoms with van der Waals surface area (Å²) >= 11 is 5.73. The number of carbonyl (C=O) groups is 1. The van der Waals surface area contributed by atoms with Gasteiger partial charge in [0.1, 0.15) is 0 Å². The standard InChI is InChI=1S/C13H10ClN5O2/c1-21-13(20)9-6-10(8-4-5-15-7-8)19(18-9)12-3-2-11(14)16-17-12/h2-7,15H,1H3. The van der Waals surface area contributed by atoms with Crippen molar-refractivity contribution in [1.29, 1.82) is 0 Å². The van der Waals surface area contributed by atoms with Crippen molar-refractivity contribution in [3.63, 3.8) is 0 Å². The number of ether oxygens (including phenoxy) is 1. The van der Waals surface area contributed by atoms with Crippen LogP contribution in [-0.4, -0.2) is 38.0 Å². The van der Waals surface area contributed by atoms with Gasteiger partial charge in [0.25, 0.3) is 0 Å². The van der Waals surface area contributed by atoms with Crippen LogP contribution in [0.4, 0.5) is 0 Å². The molecule has 0 saturated carbocycles. The zero-order chi connectivity index (χ0) is 14.8. The Hall–Kier alpha value is -2.67. The average Bonchev–Trinajstić information content (AvgIpc) is 3.16. The molecule has 0 aliphatic heterocycles. The van der Waals surface area contributed by atoms with Gasteiger partial charge >= 0.3 is 5.97 Å². The Morgan fingerprint density at radius 2 is 2.19 bits per heavy atom. The van der Waals surface area contributed by atoms with Gasteiger partial charge in [0.05, 0.1) is 12.8 Å². The molecule has 0 fully saturated rings. The first kappa shape index (κ1) is 13.3. The molecule has 0 spiro atoms. The number of esters is 1. The van der Waals surface area contributed by atoms with E-state index in [0.717, 1.165) is 5.56 Å². The number of halogens is 1. The number of carbonyl (C=O) groups excluding carboxylic acids is 1. The van der Waals surface area contributed by atoms with Crippen molar-refractivity contribution >= 4 is 17.6 Å². The fourth-order valence-electron chi connectivity index (χ4n) is 1.87. The van der Waals surface area contributed by atoms with Crippen LogP contribution in [0.5, 0.6) is 0 Å². The van der Waals surface area contributed by atoms with Crippen LogP contribution < -0.4 is 0 Å². The molecule has 7 nitrogen and oxygen atoms in total. The van der Waals surface area contributed by atoms with Gasteiger partial charge in [-0.3, -0.25) is 0 Å². The predicted octanol–water partition coefficient (Wildman–Crippen LogP) is 2.10. The van der Waals surface area contributed by atoms with Gasteiger partial charge in [-0.15, -0.1) is 10.2 Å². The lowest BCUT2D eigenvalue weighted by Gasteiger charge is -2.03. The Bertz CT molecular complexity index is 764. The third-order valence-corrected chi connectivity index (χ3v) is 3.03. The fraction of sp³-hybridized carbons (Fsp3) is 0.0769. The zero-order valence-electron chi connectivity index (χ0n) is 10.9. The maximum absolute atomic E-state index is 11.7. The minimum Gasteiger partial charge on any atom is -0.464 e. The van der Waals surface area contributed by atoms with Crippen LogP contribution in [0.1, 0.15) is 10.5 Å². The number of hydrogen-bond acceptors (Lipinski definition) is 5. The van der Waals surface area contributed by atoms with E-state index in [2.05, 4.69) is 20.3 Å². The lowest BCUT2D eigenvalue weighted by Crippen LogP contribution is -2.06. The molecule has 0 unspecified atom stereocenters. The van der Waals surface area contributed by atoms with Gasteiger partial charge < -0.3 is 9.72 Å². The topological polar surface area (TPSA) is 85.7 Å². The summed E-state index contributed by atoms with van der Waals surface area (Å²) in [7, 11) is 1.30. The highest BCUT2D eigenvalue weighted by Gasteiger charge is 2.18. The van der Waals surface area contributed by atoms with E-state index >= 15 is 0 Å². The van der Waals surface area contributed by atoms with Gasteiger partial charge in [-0.1, -0.05) is 11.6 Å². The summed E-state index contributed by atoms with van der Waals surface area (Å²) < 4.78 is 6.21. The minimum absolute atomic E-state index is 0.186. The van der Waals surface area contributed by atoms with Gasteiger partial charge in [-0.05, 0) is 24.3 Å². The Morgan fingerprint density at radius 1 is 1.33 bits per heavy atom. The van der Waals surface area contributed by atoms with Crippen molar-refractivity contribution in [3.05, 3.63) is 47.5 Å². The van der Waals surface area contributed by atoms with Crippen molar-refractivity contribution < 1.29 is 9.53 Å². The normalized spacial score (nSPS) is 10.6. The Balaban J connectivity index is 2.15. The summed E-state index contributed by atoms with van der Waals surface area (Å²) in [5.41, 5.74) is 1.73. The predicted molar refractivity (Wildman–Crippen MR) is 75.3 cm³/mol. The van der Waals surface area contributed by atoms with Crippen LogP contribution in [0, 0.1) is 0 Å². The second kappa shape index (κ2) is 5.37. The summed E-state index contributed by atoms with van der Waals surface area (Å²) in [6.45, 7) is 0. The number of aromatic nitrogens is 5. The highest BCUT2D eigenvalue weighted by atomic mass is 35.5. The van der Waals surface area contributed by atoms with Gasteiger partial charge in [-0.2, -0.15) is 5.10 Å². The van der Waals surface area contributed by atoms with Crippen LogP contribution in [0.15, 0.2) is 36.7 Å². The van der Waals surface area contributed by atoms with Gasteiger partial charge in [0.15, 0.2) is 16.7 Å². The third kappa shape index (κ3) is 2.50. The highest BCUT2D eigenvalue weighted by molar-refractivity contribution is 6.29. The molecule has 3 rings (SSSR count). The summed E-state index contributed by atoms with van der Waals surface area (Å²) in [6.07, 6.45) is 3.57. The molecular weight excluding hydrogens is 294 g/mol. The quantitative estimate of drug-likeness (QED) is 0.749. The second-order valence-electron chi connectivity index (χ2n) is 4.13. The third-order valence-electron chi connectivity index (χ3n) is 2.83. The van der Waals surface area contributed by atoms with Crippen molar-refractivity contribution in [2.75, 3.05) is 7.11 Å². The molecule has 106 valence electrons. The number of rotatable bonds is 3. The molecule has 3 aromatic rings. The van der Waals surface area contributed by atoms with E-state index in [1.807, 2.05) is 6.07 Å². The van der Waals surface area contributed by atoms with Crippen LogP contribution in [-0.2, 0) is 4.74 Å². The lowest BCUT2D eigenvalue weighted by molar-refractivity contribution is 0.0593. The Morgan fingerprint density at radius 3 is 2.81 bits per heavy atom. The Kier molecular flexibility index (Phi) is 3.41. The number of hydrogen-bond donors (Lipinski definition) is 1. The van der Waals surface area contributed by atoms with E-state index in [4.69, 9.17) is 16.3 Å².